The van der Waals surface area contributed by atoms with E-state index in [0.29, 0.717) is 37.0 Å². The fourth-order valence-corrected chi connectivity index (χ4v) is 13.1. The summed E-state index contributed by atoms with van der Waals surface area (Å²) in [6.45, 7) is 8.13. The Hall–Kier alpha value is -1.08. The van der Waals surface area contributed by atoms with Gasteiger partial charge in [0.25, 0.3) is 5.08 Å². The summed E-state index contributed by atoms with van der Waals surface area (Å²) in [5.74, 6) is 0.593. The molecule has 4 fully saturated rings. The average molecular weight is 753 g/mol. The lowest BCUT2D eigenvalue weighted by Gasteiger charge is -2.62. The number of ether oxygens (including phenoxy) is 1. The molecule has 0 heterocycles. The van der Waals surface area contributed by atoms with E-state index >= 15 is 0 Å². The van der Waals surface area contributed by atoms with Crippen molar-refractivity contribution < 1.29 is 58.3 Å². The molecule has 0 aromatic heterocycles. The molecule has 2 amide bonds. The van der Waals surface area contributed by atoms with Crippen molar-refractivity contribution in [1.82, 2.24) is 10.6 Å². The molecule has 4 rings (SSSR count). The summed E-state index contributed by atoms with van der Waals surface area (Å²) < 4.78 is 29.1. The predicted molar refractivity (Wildman–Crippen MR) is 186 cm³/mol. The number of nitrogens with one attached hydrogen (secondary N) is 2. The molecule has 0 bridgehead atoms. The molecule has 290 valence electrons. The number of rotatable bonds is 15. The van der Waals surface area contributed by atoms with Gasteiger partial charge in [0.05, 0.1) is 18.2 Å². The predicted octanol–water partition coefficient (Wildman–Crippen LogP) is 4.33. The average Bonchev–Trinajstić information content (AvgIpc) is 3.38. The zero-order valence-electron chi connectivity index (χ0n) is 30.1. The Morgan fingerprint density at radius 1 is 0.820 bits per heavy atom. The number of hydrogen-bond acceptors (Lipinski definition) is 8. The normalized spacial score (nSPS) is 35.6. The van der Waals surface area contributed by atoms with Crippen molar-refractivity contribution in [2.24, 2.45) is 40.4 Å². The zero-order chi connectivity index (χ0) is 37.3. The van der Waals surface area contributed by atoms with E-state index in [0.717, 1.165) is 57.8 Å². The molecule has 16 heteroatoms. The van der Waals surface area contributed by atoms with Crippen molar-refractivity contribution >= 4 is 27.2 Å². The van der Waals surface area contributed by atoms with E-state index in [1.807, 2.05) is 6.92 Å². The van der Waals surface area contributed by atoms with Crippen molar-refractivity contribution in [2.45, 2.75) is 147 Å². The minimum absolute atomic E-state index is 0.0238. The molecule has 0 spiro atoms. The van der Waals surface area contributed by atoms with Gasteiger partial charge in [-0.3, -0.25) is 13.9 Å². The van der Waals surface area contributed by atoms with E-state index < -0.39 is 63.0 Å². The van der Waals surface area contributed by atoms with Crippen LogP contribution in [0.1, 0.15) is 124 Å². The van der Waals surface area contributed by atoms with Crippen LogP contribution in [0.4, 0.5) is 4.79 Å². The van der Waals surface area contributed by atoms with Crippen molar-refractivity contribution in [2.75, 3.05) is 13.1 Å². The third kappa shape index (κ3) is 8.49. The monoisotopic (exact) mass is 752 g/mol. The molecular formula is C34H62N2O12P2. The summed E-state index contributed by atoms with van der Waals surface area (Å²) in [6.07, 6.45) is 9.05. The van der Waals surface area contributed by atoms with Crippen LogP contribution in [0.3, 0.4) is 0 Å². The minimum Gasteiger partial charge on any atom is -0.446 e. The summed E-state index contributed by atoms with van der Waals surface area (Å²) in [5, 5.41) is 33.8. The Balaban J connectivity index is 1.38. The van der Waals surface area contributed by atoms with Crippen LogP contribution in [0.5, 0.6) is 0 Å². The lowest BCUT2D eigenvalue weighted by Crippen LogP contribution is -2.60. The largest absolute Gasteiger partial charge is 0.446 e. The van der Waals surface area contributed by atoms with Crippen molar-refractivity contribution in [1.29, 1.82) is 0 Å². The quantitative estimate of drug-likeness (QED) is 0.0839. The fraction of sp³-hybridized carbons (Fsp3) is 0.941. The number of amides is 2. The number of aliphatic hydroxyl groups excluding tert-OH is 1. The molecule has 0 unspecified atom stereocenters. The Labute approximate surface area is 296 Å². The molecule has 4 saturated carbocycles. The van der Waals surface area contributed by atoms with Gasteiger partial charge >= 0.3 is 21.3 Å². The van der Waals surface area contributed by atoms with Gasteiger partial charge in [-0.1, -0.05) is 46.5 Å². The van der Waals surface area contributed by atoms with E-state index in [1.165, 1.54) is 6.42 Å². The third-order valence-corrected chi connectivity index (χ3v) is 17.4. The molecule has 4 aliphatic rings. The Morgan fingerprint density at radius 3 is 2.10 bits per heavy atom. The number of hydrogen-bond donors (Lipinski definition) is 9. The maximum absolute atomic E-state index is 13.1. The van der Waals surface area contributed by atoms with Gasteiger partial charge in [0.15, 0.2) is 0 Å². The topological polar surface area (TPSA) is 243 Å². The second-order valence-corrected chi connectivity index (χ2v) is 20.6. The molecular weight excluding hydrogens is 690 g/mol. The van der Waals surface area contributed by atoms with Crippen LogP contribution in [-0.4, -0.2) is 82.9 Å². The fourth-order valence-electron chi connectivity index (χ4n) is 10.9. The standard InChI is InChI=1S/C34H62N2O12P2/c1-5-6-7-8-14-33(4,40)28-11-10-24-23-20-27(26-19-22(37)12-16-31(26,2)25(23)13-17-32(24,28)3)48-30(39)36-21-29(38)35-18-9-15-34(41,49(42,43)44)50(45,46)47/h22-28,37,40-41H,5-21H2,1-4H3,(H,35,38)(H,36,39)(H2,42,43,44)(H2,45,46,47)/t22-,23-,24-,25-,26+,27-,28-,31+,32-,33-/m0/s1. The van der Waals surface area contributed by atoms with Gasteiger partial charge in [0.2, 0.25) is 5.91 Å². The molecule has 50 heavy (non-hydrogen) atoms. The van der Waals surface area contributed by atoms with Gasteiger partial charge < -0.3 is 50.3 Å². The smallest absolute Gasteiger partial charge is 0.407 e. The first-order chi connectivity index (χ1) is 23.1. The number of carbonyl (C=O) groups is 2. The van der Waals surface area contributed by atoms with Crippen molar-refractivity contribution in [3.8, 4) is 0 Å². The Bertz CT molecular complexity index is 1280. The summed E-state index contributed by atoms with van der Waals surface area (Å²) in [6, 6.07) is 0. The van der Waals surface area contributed by atoms with Gasteiger partial charge in [0.1, 0.15) is 6.10 Å². The maximum Gasteiger partial charge on any atom is 0.407 e. The Kier molecular flexibility index (Phi) is 13.1. The molecule has 0 aromatic rings. The Morgan fingerprint density at radius 2 is 1.46 bits per heavy atom. The van der Waals surface area contributed by atoms with Crippen LogP contribution >= 0.6 is 15.2 Å². The van der Waals surface area contributed by atoms with Gasteiger partial charge in [-0.25, -0.2) is 4.79 Å². The van der Waals surface area contributed by atoms with Crippen molar-refractivity contribution in [3.05, 3.63) is 0 Å². The van der Waals surface area contributed by atoms with E-state index in [2.05, 4.69) is 31.4 Å². The lowest BCUT2D eigenvalue weighted by molar-refractivity contribution is -0.179. The number of aliphatic hydroxyl groups is 3. The highest BCUT2D eigenvalue weighted by Crippen LogP contribution is 2.70. The van der Waals surface area contributed by atoms with Crippen LogP contribution in [0, 0.1) is 40.4 Å². The second kappa shape index (κ2) is 15.7. The van der Waals surface area contributed by atoms with E-state index in [9.17, 15) is 53.6 Å². The van der Waals surface area contributed by atoms with E-state index in [1.54, 1.807) is 0 Å². The highest BCUT2D eigenvalue weighted by Gasteiger charge is 2.64. The van der Waals surface area contributed by atoms with Crippen LogP contribution in [0.25, 0.3) is 0 Å². The number of carbonyl (C=O) groups excluding carboxylic acids is 2. The first-order valence-electron chi connectivity index (χ1n) is 18.6. The summed E-state index contributed by atoms with van der Waals surface area (Å²) in [7, 11) is -11.2. The molecule has 4 aliphatic carbocycles. The highest BCUT2D eigenvalue weighted by atomic mass is 31.2. The van der Waals surface area contributed by atoms with Crippen LogP contribution in [0.15, 0.2) is 0 Å². The zero-order valence-corrected chi connectivity index (χ0v) is 31.9. The highest BCUT2D eigenvalue weighted by molar-refractivity contribution is 7.72. The van der Waals surface area contributed by atoms with Crippen molar-refractivity contribution in [3.63, 3.8) is 0 Å². The van der Waals surface area contributed by atoms with E-state index in [-0.39, 0.29) is 35.6 Å². The maximum atomic E-state index is 13.1. The third-order valence-electron chi connectivity index (χ3n) is 13.5. The van der Waals surface area contributed by atoms with E-state index in [4.69, 9.17) is 4.74 Å². The van der Waals surface area contributed by atoms with Crippen LogP contribution in [0.2, 0.25) is 0 Å². The molecule has 0 saturated heterocycles. The summed E-state index contributed by atoms with van der Waals surface area (Å²) in [4.78, 5) is 62.6. The molecule has 9 N–H and O–H groups in total. The van der Waals surface area contributed by atoms with Crippen LogP contribution < -0.4 is 10.6 Å². The van der Waals surface area contributed by atoms with Gasteiger partial charge in [-0.2, -0.15) is 0 Å². The lowest BCUT2D eigenvalue weighted by atomic mass is 9.43. The minimum atomic E-state index is -5.59. The second-order valence-electron chi connectivity index (χ2n) is 16.6. The van der Waals surface area contributed by atoms with Crippen LogP contribution in [-0.2, 0) is 18.7 Å². The van der Waals surface area contributed by atoms with Gasteiger partial charge in [-0.05, 0) is 106 Å². The SMILES string of the molecule is CCCCCC[C@](C)(O)[C@H]1CC[C@H]2[C@@H]3C[C@H](OC(=O)NCC(=O)NCCCC(O)(P(=O)(O)O)P(=O)(O)O)[C@H]4C[C@@H](O)CC[C@]4(C)[C@H]3CC[C@@]21C. The molecule has 0 aliphatic heterocycles. The number of unbranched alkanes of at least 4 members (excludes halogenated alkanes) is 3. The molecule has 14 nitrogen and oxygen atoms in total. The number of fused-ring (bicyclic) bond motifs is 5. The molecule has 0 radical (unpaired) electrons. The van der Waals surface area contributed by atoms with Gasteiger partial charge in [-0.15, -0.1) is 0 Å². The molecule has 0 aromatic carbocycles. The van der Waals surface area contributed by atoms with Gasteiger partial charge in [0, 0.05) is 18.9 Å². The number of alkyl carbamates (subject to hydrolysis) is 1. The molecule has 10 atom stereocenters. The first kappa shape index (κ1) is 41.7. The first-order valence-corrected chi connectivity index (χ1v) is 21.8. The summed E-state index contributed by atoms with van der Waals surface area (Å²) in [5.41, 5.74) is -0.893. The summed E-state index contributed by atoms with van der Waals surface area (Å²) >= 11 is 0.